The van der Waals surface area contributed by atoms with Crippen LogP contribution in [0.15, 0.2) is 30.3 Å². The zero-order valence-electron chi connectivity index (χ0n) is 15.1. The molecule has 1 saturated carbocycles. The molecule has 0 bridgehead atoms. The largest absolute Gasteiger partial charge is 0.389 e. The number of aliphatic hydroxyl groups excluding tert-OH is 1. The first-order valence-corrected chi connectivity index (χ1v) is 9.40. The topological polar surface area (TPSA) is 61.8 Å². The summed E-state index contributed by atoms with van der Waals surface area (Å²) in [7, 11) is 1.61. The summed E-state index contributed by atoms with van der Waals surface area (Å²) in [6.07, 6.45) is 4.47. The van der Waals surface area contributed by atoms with E-state index in [1.165, 1.54) is 0 Å². The van der Waals surface area contributed by atoms with Crippen LogP contribution in [0.2, 0.25) is 0 Å². The molecule has 5 heteroatoms. The van der Waals surface area contributed by atoms with E-state index in [1.807, 2.05) is 18.2 Å². The smallest absolute Gasteiger partial charge is 0.230 e. The van der Waals surface area contributed by atoms with Gasteiger partial charge in [0.1, 0.15) is 0 Å². The van der Waals surface area contributed by atoms with Crippen LogP contribution in [0.1, 0.15) is 37.7 Å². The molecule has 1 aliphatic heterocycles. The summed E-state index contributed by atoms with van der Waals surface area (Å²) in [4.78, 5) is 15.2. The number of ether oxygens (including phenoxy) is 1. The second kappa shape index (κ2) is 8.30. The Morgan fingerprint density at radius 2 is 2.00 bits per heavy atom. The van der Waals surface area contributed by atoms with Crippen LogP contribution >= 0.6 is 0 Å². The summed E-state index contributed by atoms with van der Waals surface area (Å²) >= 11 is 0. The number of likely N-dealkylation sites (tertiary alicyclic amines) is 1. The van der Waals surface area contributed by atoms with Gasteiger partial charge in [0.05, 0.1) is 18.1 Å². The van der Waals surface area contributed by atoms with Crippen LogP contribution < -0.4 is 5.32 Å². The zero-order chi connectivity index (χ0) is 17.7. The zero-order valence-corrected chi connectivity index (χ0v) is 15.1. The van der Waals surface area contributed by atoms with Gasteiger partial charge in [0.2, 0.25) is 5.91 Å². The molecular formula is C20H30N2O3. The van der Waals surface area contributed by atoms with Crippen molar-refractivity contribution in [3.8, 4) is 0 Å². The van der Waals surface area contributed by atoms with Crippen LogP contribution in [0, 0.1) is 0 Å². The monoisotopic (exact) mass is 346 g/mol. The van der Waals surface area contributed by atoms with Gasteiger partial charge in [0.15, 0.2) is 0 Å². The first kappa shape index (κ1) is 18.4. The van der Waals surface area contributed by atoms with Crippen LogP contribution in [0.3, 0.4) is 0 Å². The molecule has 1 aromatic rings. The number of nitrogens with one attached hydrogen (secondary N) is 1. The fourth-order valence-electron chi connectivity index (χ4n) is 4.06. The van der Waals surface area contributed by atoms with E-state index in [9.17, 15) is 9.90 Å². The summed E-state index contributed by atoms with van der Waals surface area (Å²) in [5, 5.41) is 13.2. The van der Waals surface area contributed by atoms with E-state index in [-0.39, 0.29) is 17.4 Å². The molecule has 2 N–H and O–H groups in total. The quantitative estimate of drug-likeness (QED) is 0.789. The van der Waals surface area contributed by atoms with E-state index in [0.717, 1.165) is 50.8 Å². The Hall–Kier alpha value is -1.43. The molecule has 5 nitrogen and oxygen atoms in total. The van der Waals surface area contributed by atoms with E-state index < -0.39 is 6.10 Å². The molecule has 2 aliphatic rings. The van der Waals surface area contributed by atoms with Gasteiger partial charge in [-0.25, -0.2) is 0 Å². The van der Waals surface area contributed by atoms with Crippen LogP contribution in [0.4, 0.5) is 0 Å². The molecule has 2 fully saturated rings. The average molecular weight is 346 g/mol. The van der Waals surface area contributed by atoms with Crippen LogP contribution in [0.5, 0.6) is 0 Å². The minimum absolute atomic E-state index is 0.197. The number of hydrogen-bond acceptors (Lipinski definition) is 4. The van der Waals surface area contributed by atoms with Gasteiger partial charge < -0.3 is 20.1 Å². The van der Waals surface area contributed by atoms with Gasteiger partial charge in [-0.2, -0.15) is 0 Å². The third-order valence-electron chi connectivity index (χ3n) is 5.72. The van der Waals surface area contributed by atoms with E-state index >= 15 is 0 Å². The first-order chi connectivity index (χ1) is 12.1. The van der Waals surface area contributed by atoms with Crippen LogP contribution in [0.25, 0.3) is 0 Å². The molecule has 25 heavy (non-hydrogen) atoms. The maximum atomic E-state index is 13.0. The van der Waals surface area contributed by atoms with Crippen molar-refractivity contribution in [2.24, 2.45) is 0 Å². The molecular weight excluding hydrogens is 316 g/mol. The van der Waals surface area contributed by atoms with Crippen molar-refractivity contribution < 1.29 is 14.6 Å². The van der Waals surface area contributed by atoms with Gasteiger partial charge in [-0.15, -0.1) is 0 Å². The maximum Gasteiger partial charge on any atom is 0.230 e. The maximum absolute atomic E-state index is 13.0. The van der Waals surface area contributed by atoms with Gasteiger partial charge in [0.25, 0.3) is 0 Å². The highest BCUT2D eigenvalue weighted by molar-refractivity contribution is 5.89. The number of amides is 1. The summed E-state index contributed by atoms with van der Waals surface area (Å²) < 4.78 is 4.98. The van der Waals surface area contributed by atoms with Gasteiger partial charge in [0, 0.05) is 32.8 Å². The fraction of sp³-hybridized carbons (Fsp3) is 0.650. The molecule has 0 radical (unpaired) electrons. The van der Waals surface area contributed by atoms with Gasteiger partial charge >= 0.3 is 0 Å². The lowest BCUT2D eigenvalue weighted by atomic mass is 9.63. The first-order valence-electron chi connectivity index (χ1n) is 9.40. The summed E-state index contributed by atoms with van der Waals surface area (Å²) in [6, 6.07) is 10.4. The number of nitrogens with zero attached hydrogens (tertiary/aromatic N) is 1. The Labute approximate surface area is 150 Å². The van der Waals surface area contributed by atoms with Crippen molar-refractivity contribution in [3.63, 3.8) is 0 Å². The standard InChI is InChI=1S/C20H30N2O3/c1-25-15-18(23)14-22-12-8-17(9-13-22)21-19(24)20(10-5-11-20)16-6-3-2-4-7-16/h2-4,6-7,17-18,23H,5,8-15H2,1H3,(H,21,24). The van der Waals surface area contributed by atoms with Crippen molar-refractivity contribution >= 4 is 5.91 Å². The molecule has 1 unspecified atom stereocenters. The molecule has 1 saturated heterocycles. The second-order valence-electron chi connectivity index (χ2n) is 7.46. The Kier molecular flexibility index (Phi) is 6.10. The molecule has 3 rings (SSSR count). The number of piperidine rings is 1. The minimum atomic E-state index is -0.438. The van der Waals surface area contributed by atoms with Gasteiger partial charge in [-0.3, -0.25) is 4.79 Å². The van der Waals surface area contributed by atoms with E-state index in [0.29, 0.717) is 13.2 Å². The number of rotatable bonds is 7. The third kappa shape index (κ3) is 4.22. The van der Waals surface area contributed by atoms with E-state index in [1.54, 1.807) is 7.11 Å². The summed E-state index contributed by atoms with van der Waals surface area (Å²) in [6.45, 7) is 2.83. The normalized spacial score (nSPS) is 22.2. The van der Waals surface area contributed by atoms with Crippen molar-refractivity contribution in [1.82, 2.24) is 10.2 Å². The molecule has 0 aromatic heterocycles. The van der Waals surface area contributed by atoms with Crippen molar-refractivity contribution in [1.29, 1.82) is 0 Å². The predicted octanol–water partition coefficient (Wildman–Crippen LogP) is 1.70. The Morgan fingerprint density at radius 3 is 2.56 bits per heavy atom. The number of methoxy groups -OCH3 is 1. The van der Waals surface area contributed by atoms with Gasteiger partial charge in [-0.05, 0) is 31.2 Å². The Balaban J connectivity index is 1.51. The van der Waals surface area contributed by atoms with Crippen LogP contribution in [-0.4, -0.2) is 61.4 Å². The Morgan fingerprint density at radius 1 is 1.32 bits per heavy atom. The molecule has 1 aromatic carbocycles. The lowest BCUT2D eigenvalue weighted by Crippen LogP contribution is -2.54. The van der Waals surface area contributed by atoms with Crippen molar-refractivity contribution in [2.45, 2.75) is 49.7 Å². The number of β-amino-alcohol motifs (C(OH)–C–C–N with tert-alkyl or cyclic N) is 1. The number of carbonyl (C=O) groups excluding carboxylic acids is 1. The SMILES string of the molecule is COCC(O)CN1CCC(NC(=O)C2(c3ccccc3)CCC2)CC1. The molecule has 1 atom stereocenters. The summed E-state index contributed by atoms with van der Waals surface area (Å²) in [5.41, 5.74) is 0.839. The predicted molar refractivity (Wildman–Crippen MR) is 97.5 cm³/mol. The number of carbonyl (C=O) groups is 1. The number of aliphatic hydroxyl groups is 1. The van der Waals surface area contributed by atoms with Crippen molar-refractivity contribution in [2.75, 3.05) is 33.4 Å². The molecule has 1 heterocycles. The number of benzene rings is 1. The lowest BCUT2D eigenvalue weighted by Gasteiger charge is -2.42. The third-order valence-corrected chi connectivity index (χ3v) is 5.72. The lowest BCUT2D eigenvalue weighted by molar-refractivity contribution is -0.131. The van der Waals surface area contributed by atoms with E-state index in [2.05, 4.69) is 22.3 Å². The minimum Gasteiger partial charge on any atom is -0.389 e. The highest BCUT2D eigenvalue weighted by Gasteiger charge is 2.46. The number of hydrogen-bond donors (Lipinski definition) is 2. The van der Waals surface area contributed by atoms with Gasteiger partial charge in [-0.1, -0.05) is 36.8 Å². The molecule has 0 spiro atoms. The second-order valence-corrected chi connectivity index (χ2v) is 7.46. The highest BCUT2D eigenvalue weighted by atomic mass is 16.5. The Bertz CT molecular complexity index is 551. The van der Waals surface area contributed by atoms with E-state index in [4.69, 9.17) is 4.74 Å². The highest BCUT2D eigenvalue weighted by Crippen LogP contribution is 2.44. The fourth-order valence-corrected chi connectivity index (χ4v) is 4.06. The summed E-state index contributed by atoms with van der Waals surface area (Å²) in [5.74, 6) is 0.197. The van der Waals surface area contributed by atoms with Crippen molar-refractivity contribution in [3.05, 3.63) is 35.9 Å². The molecule has 1 aliphatic carbocycles. The average Bonchev–Trinajstić information content (AvgIpc) is 2.57. The molecule has 138 valence electrons. The molecule has 1 amide bonds. The van der Waals surface area contributed by atoms with Crippen LogP contribution in [-0.2, 0) is 14.9 Å².